The van der Waals surface area contributed by atoms with Crippen molar-refractivity contribution in [1.29, 1.82) is 0 Å². The van der Waals surface area contributed by atoms with Crippen molar-refractivity contribution in [2.75, 3.05) is 24.9 Å². The minimum Gasteiger partial charge on any atom is -0.350 e. The summed E-state index contributed by atoms with van der Waals surface area (Å²) in [6, 6.07) is 22.5. The van der Waals surface area contributed by atoms with E-state index < -0.39 is 40.1 Å². The smallest absolute Gasteiger partial charge is 0.304 e. The molecule has 0 radical (unpaired) electrons. The zero-order valence-electron chi connectivity index (χ0n) is 23.5. The lowest BCUT2D eigenvalue weighted by atomic mass is 10.0. The number of amides is 2. The molecule has 0 aliphatic rings. The number of benzene rings is 3. The molecule has 0 bridgehead atoms. The van der Waals surface area contributed by atoms with E-state index in [1.807, 2.05) is 81.4 Å². The second-order valence-corrected chi connectivity index (χ2v) is 12.8. The molecule has 10 heteroatoms. The van der Waals surface area contributed by atoms with Crippen molar-refractivity contribution in [3.8, 4) is 0 Å². The SMILES string of the molecule is CN(C)S(=O)(=O)N(CC(=O)N(Cc1ccccc1)[C@H](Cc1ccccc1)C(=O)NC(C)(C)C)c1ccc(F)cc1. The Kier molecular flexibility index (Phi) is 10.1. The van der Waals surface area contributed by atoms with E-state index in [1.165, 1.54) is 31.1 Å². The number of anilines is 1. The third-order valence-corrected chi connectivity index (χ3v) is 7.92. The van der Waals surface area contributed by atoms with Gasteiger partial charge in [0.25, 0.3) is 0 Å². The molecule has 0 aliphatic carbocycles. The van der Waals surface area contributed by atoms with E-state index in [-0.39, 0.29) is 24.6 Å². The monoisotopic (exact) mass is 568 g/mol. The number of halogens is 1. The van der Waals surface area contributed by atoms with Crippen LogP contribution in [0.1, 0.15) is 31.9 Å². The summed E-state index contributed by atoms with van der Waals surface area (Å²) in [7, 11) is -1.44. The zero-order chi connectivity index (χ0) is 29.5. The first kappa shape index (κ1) is 30.8. The molecule has 2 amide bonds. The van der Waals surface area contributed by atoms with Crippen molar-refractivity contribution in [3.05, 3.63) is 102 Å². The Morgan fingerprint density at radius 2 is 1.38 bits per heavy atom. The molecule has 0 aliphatic heterocycles. The number of carbonyl (C=O) groups excluding carboxylic acids is 2. The Hall–Kier alpha value is -3.76. The van der Waals surface area contributed by atoms with E-state index in [9.17, 15) is 22.4 Å². The topological polar surface area (TPSA) is 90.0 Å². The van der Waals surface area contributed by atoms with Crippen LogP contribution in [-0.4, -0.2) is 61.7 Å². The highest BCUT2D eigenvalue weighted by molar-refractivity contribution is 7.90. The van der Waals surface area contributed by atoms with E-state index in [4.69, 9.17) is 0 Å². The largest absolute Gasteiger partial charge is 0.350 e. The van der Waals surface area contributed by atoms with Gasteiger partial charge in [-0.3, -0.25) is 9.59 Å². The normalized spacial score (nSPS) is 12.6. The molecule has 0 unspecified atom stereocenters. The Morgan fingerprint density at radius 3 is 1.88 bits per heavy atom. The van der Waals surface area contributed by atoms with Crippen LogP contribution in [0.15, 0.2) is 84.9 Å². The fraction of sp³-hybridized carbons (Fsp3) is 0.333. The third-order valence-electron chi connectivity index (χ3n) is 6.10. The molecule has 40 heavy (non-hydrogen) atoms. The molecule has 0 saturated carbocycles. The van der Waals surface area contributed by atoms with E-state index in [2.05, 4.69) is 5.32 Å². The van der Waals surface area contributed by atoms with Gasteiger partial charge in [-0.25, -0.2) is 8.70 Å². The number of hydrogen-bond donors (Lipinski definition) is 1. The van der Waals surface area contributed by atoms with Gasteiger partial charge in [-0.2, -0.15) is 12.7 Å². The highest BCUT2D eigenvalue weighted by Gasteiger charge is 2.35. The van der Waals surface area contributed by atoms with E-state index in [0.717, 1.165) is 31.9 Å². The highest BCUT2D eigenvalue weighted by Crippen LogP contribution is 2.22. The van der Waals surface area contributed by atoms with Gasteiger partial charge < -0.3 is 10.2 Å². The van der Waals surface area contributed by atoms with Crippen molar-refractivity contribution in [1.82, 2.24) is 14.5 Å². The molecule has 3 rings (SSSR count). The quantitative estimate of drug-likeness (QED) is 0.379. The van der Waals surface area contributed by atoms with E-state index >= 15 is 0 Å². The average Bonchev–Trinajstić information content (AvgIpc) is 2.89. The van der Waals surface area contributed by atoms with Crippen molar-refractivity contribution < 1.29 is 22.4 Å². The molecule has 1 N–H and O–H groups in total. The number of hydrogen-bond acceptors (Lipinski definition) is 4. The second kappa shape index (κ2) is 13.1. The first-order valence-electron chi connectivity index (χ1n) is 12.9. The first-order valence-corrected chi connectivity index (χ1v) is 14.3. The zero-order valence-corrected chi connectivity index (χ0v) is 24.4. The van der Waals surface area contributed by atoms with Gasteiger partial charge in [-0.15, -0.1) is 0 Å². The molecule has 3 aromatic carbocycles. The van der Waals surface area contributed by atoms with Gasteiger partial charge in [-0.1, -0.05) is 60.7 Å². The molecule has 0 saturated heterocycles. The summed E-state index contributed by atoms with van der Waals surface area (Å²) in [6.07, 6.45) is 0.221. The molecule has 3 aromatic rings. The summed E-state index contributed by atoms with van der Waals surface area (Å²) in [5, 5.41) is 2.99. The summed E-state index contributed by atoms with van der Waals surface area (Å²) < 4.78 is 42.2. The van der Waals surface area contributed by atoms with Crippen LogP contribution < -0.4 is 9.62 Å². The van der Waals surface area contributed by atoms with E-state index in [1.54, 1.807) is 0 Å². The van der Waals surface area contributed by atoms with Gasteiger partial charge in [0, 0.05) is 32.6 Å². The molecule has 0 fully saturated rings. The minimum absolute atomic E-state index is 0.0774. The van der Waals surface area contributed by atoms with Crippen LogP contribution in [0.5, 0.6) is 0 Å². The first-order chi connectivity index (χ1) is 18.8. The predicted octanol–water partition coefficient (Wildman–Crippen LogP) is 3.99. The van der Waals surface area contributed by atoms with Gasteiger partial charge in [0.2, 0.25) is 11.8 Å². The Balaban J connectivity index is 2.08. The summed E-state index contributed by atoms with van der Waals surface area (Å²) in [6.45, 7) is 5.05. The fourth-order valence-electron chi connectivity index (χ4n) is 4.11. The van der Waals surface area contributed by atoms with Crippen molar-refractivity contribution in [2.45, 2.75) is 45.3 Å². The van der Waals surface area contributed by atoms with Crippen LogP contribution in [-0.2, 0) is 32.8 Å². The Bertz CT molecular complexity index is 1380. The predicted molar refractivity (Wildman–Crippen MR) is 155 cm³/mol. The Morgan fingerprint density at radius 1 is 0.850 bits per heavy atom. The molecule has 214 valence electrons. The third kappa shape index (κ3) is 8.37. The van der Waals surface area contributed by atoms with Crippen molar-refractivity contribution >= 4 is 27.7 Å². The lowest BCUT2D eigenvalue weighted by molar-refractivity contribution is -0.140. The van der Waals surface area contributed by atoms with Gasteiger partial charge in [0.1, 0.15) is 18.4 Å². The van der Waals surface area contributed by atoms with Crippen LogP contribution >= 0.6 is 0 Å². The molecule has 1 atom stereocenters. The summed E-state index contributed by atoms with van der Waals surface area (Å²) >= 11 is 0. The lowest BCUT2D eigenvalue weighted by Crippen LogP contribution is -2.56. The second-order valence-electron chi connectivity index (χ2n) is 10.7. The number of rotatable bonds is 11. The summed E-state index contributed by atoms with van der Waals surface area (Å²) in [5.41, 5.74) is 1.18. The van der Waals surface area contributed by atoms with Gasteiger partial charge in [-0.05, 0) is 56.2 Å². The molecular formula is C30H37FN4O4S. The summed E-state index contributed by atoms with van der Waals surface area (Å²) in [5.74, 6) is -1.47. The molecule has 0 heterocycles. The lowest BCUT2D eigenvalue weighted by Gasteiger charge is -2.35. The standard InChI is InChI=1S/C30H37FN4O4S/c1-30(2,3)32-29(37)27(20-23-12-8-6-9-13-23)34(21-24-14-10-7-11-15-24)28(36)22-35(40(38,39)33(4)5)26-18-16-25(31)17-19-26/h6-19,27H,20-22H2,1-5H3,(H,32,37)/t27-/m1/s1. The number of nitrogens with one attached hydrogen (secondary N) is 1. The van der Waals surface area contributed by atoms with Crippen molar-refractivity contribution in [3.63, 3.8) is 0 Å². The highest BCUT2D eigenvalue weighted by atomic mass is 32.2. The van der Waals surface area contributed by atoms with E-state index in [0.29, 0.717) is 0 Å². The Labute approximate surface area is 236 Å². The molecule has 0 aromatic heterocycles. The number of carbonyl (C=O) groups is 2. The fourth-order valence-corrected chi connectivity index (χ4v) is 5.17. The maximum atomic E-state index is 14.1. The minimum atomic E-state index is -4.14. The van der Waals surface area contributed by atoms with Crippen molar-refractivity contribution in [2.24, 2.45) is 0 Å². The maximum Gasteiger partial charge on any atom is 0.304 e. The molecular weight excluding hydrogens is 531 g/mol. The van der Waals surface area contributed by atoms with Gasteiger partial charge >= 0.3 is 10.2 Å². The van der Waals surface area contributed by atoms with Crippen LogP contribution in [0.4, 0.5) is 10.1 Å². The van der Waals surface area contributed by atoms with Gasteiger partial charge in [0.05, 0.1) is 5.69 Å². The molecule has 8 nitrogen and oxygen atoms in total. The molecule has 0 spiro atoms. The van der Waals surface area contributed by atoms with Crippen LogP contribution in [0.25, 0.3) is 0 Å². The van der Waals surface area contributed by atoms with Crippen LogP contribution in [0, 0.1) is 5.82 Å². The average molecular weight is 569 g/mol. The maximum absolute atomic E-state index is 14.1. The van der Waals surface area contributed by atoms with Crippen LogP contribution in [0.3, 0.4) is 0 Å². The summed E-state index contributed by atoms with van der Waals surface area (Å²) in [4.78, 5) is 29.2. The van der Waals surface area contributed by atoms with Crippen LogP contribution in [0.2, 0.25) is 0 Å². The number of nitrogens with zero attached hydrogens (tertiary/aromatic N) is 3. The van der Waals surface area contributed by atoms with Gasteiger partial charge in [0.15, 0.2) is 0 Å².